The van der Waals surface area contributed by atoms with Gasteiger partial charge in [-0.3, -0.25) is 9.13 Å². The second-order valence-corrected chi connectivity index (χ2v) is 25.4. The van der Waals surface area contributed by atoms with Gasteiger partial charge in [-0.05, 0) is 88.5 Å². The van der Waals surface area contributed by atoms with Crippen LogP contribution in [0.3, 0.4) is 0 Å². The summed E-state index contributed by atoms with van der Waals surface area (Å²) in [5.74, 6) is 1.84. The Hall–Kier alpha value is -10.5. The van der Waals surface area contributed by atoms with Gasteiger partial charge >= 0.3 is 0 Å². The molecule has 0 amide bonds. The van der Waals surface area contributed by atoms with Crippen molar-refractivity contribution in [1.29, 1.82) is 0 Å². The van der Waals surface area contributed by atoms with Crippen LogP contribution in [0.1, 0.15) is 0 Å². The highest BCUT2D eigenvalue weighted by atomic mass is 32.1. The first-order valence-electron chi connectivity index (χ1n) is 28.9. The minimum atomic E-state index is 0.897. The number of pyridine rings is 2. The van der Waals surface area contributed by atoms with Crippen molar-refractivity contribution in [3.05, 3.63) is 267 Å². The third-order valence-corrected chi connectivity index (χ3v) is 21.2. The lowest BCUT2D eigenvalue weighted by Gasteiger charge is -2.11. The van der Waals surface area contributed by atoms with Crippen LogP contribution in [0.2, 0.25) is 0 Å². The fourth-order valence-corrected chi connectivity index (χ4v) is 17.7. The maximum absolute atomic E-state index is 6.34. The Morgan fingerprint density at radius 1 is 0.291 bits per heavy atom. The summed E-state index contributed by atoms with van der Waals surface area (Å²) in [5.41, 5.74) is 11.0. The van der Waals surface area contributed by atoms with E-state index in [2.05, 4.69) is 252 Å². The summed E-state index contributed by atoms with van der Waals surface area (Å²) in [6.45, 7) is 0. The van der Waals surface area contributed by atoms with Gasteiger partial charge in [0.15, 0.2) is 0 Å². The van der Waals surface area contributed by atoms with Crippen molar-refractivity contribution in [2.24, 2.45) is 0 Å². The molecule has 0 aliphatic carbocycles. The number of nitrogens with zero attached hydrogens (tertiary/aromatic N) is 4. The molecule has 0 unspecified atom stereocenters. The molecule has 0 bridgehead atoms. The summed E-state index contributed by atoms with van der Waals surface area (Å²) < 4.78 is 19.0. The predicted octanol–water partition coefficient (Wildman–Crippen LogP) is 23.0. The molecule has 86 heavy (non-hydrogen) atoms. The molecule has 0 N–H and O–H groups in total. The molecule has 5 nitrogen and oxygen atoms in total. The Bertz CT molecular complexity index is 6210. The third-order valence-electron chi connectivity index (χ3n) is 17.7. The molecular weight excluding hydrogens is 1110 g/mol. The van der Waals surface area contributed by atoms with Crippen LogP contribution in [0, 0.1) is 0 Å². The number of thiophene rings is 3. The Morgan fingerprint density at radius 2 is 0.767 bits per heavy atom. The average molecular weight is 1150 g/mol. The number of rotatable bonds is 4. The van der Waals surface area contributed by atoms with Crippen molar-refractivity contribution in [2.45, 2.75) is 0 Å². The molecule has 0 saturated carbocycles. The number of benzene rings is 12. The molecule has 8 aromatic heterocycles. The van der Waals surface area contributed by atoms with E-state index in [1.165, 1.54) is 126 Å². The zero-order valence-electron chi connectivity index (χ0n) is 45.8. The summed E-state index contributed by atoms with van der Waals surface area (Å²) in [5, 5.41) is 20.4. The van der Waals surface area contributed by atoms with E-state index in [4.69, 9.17) is 14.4 Å². The summed E-state index contributed by atoms with van der Waals surface area (Å²) in [6, 6.07) is 91.6. The zero-order valence-corrected chi connectivity index (χ0v) is 48.3. The molecule has 20 aromatic rings. The minimum absolute atomic E-state index is 0.897. The van der Waals surface area contributed by atoms with Crippen LogP contribution in [0.4, 0.5) is 0 Å². The molecule has 8 heteroatoms. The topological polar surface area (TPSA) is 48.8 Å². The van der Waals surface area contributed by atoms with Gasteiger partial charge in [-0.2, -0.15) is 0 Å². The quantitative estimate of drug-likeness (QED) is 0.176. The van der Waals surface area contributed by atoms with Crippen molar-refractivity contribution >= 4 is 182 Å². The Kier molecular flexibility index (Phi) is 10.3. The molecule has 0 fully saturated rings. The van der Waals surface area contributed by atoms with E-state index in [-0.39, 0.29) is 0 Å². The number of para-hydroxylation sites is 4. The van der Waals surface area contributed by atoms with E-state index in [1.807, 2.05) is 58.5 Å². The Balaban J connectivity index is 0.000000126. The highest BCUT2D eigenvalue weighted by molar-refractivity contribution is 7.27. The number of hydrogen-bond donors (Lipinski definition) is 0. The first kappa shape index (κ1) is 48.0. The van der Waals surface area contributed by atoms with Gasteiger partial charge in [0.2, 0.25) is 0 Å². The fourth-order valence-electron chi connectivity index (χ4n) is 14.0. The van der Waals surface area contributed by atoms with Gasteiger partial charge < -0.3 is 4.42 Å². The predicted molar refractivity (Wildman–Crippen MR) is 369 cm³/mol. The Labute approximate surface area is 502 Å². The monoisotopic (exact) mass is 1150 g/mol. The average Bonchev–Trinajstić information content (AvgIpc) is 2.11. The molecule has 0 spiro atoms. The van der Waals surface area contributed by atoms with Crippen LogP contribution in [0.5, 0.6) is 0 Å². The molecule has 0 aliphatic heterocycles. The van der Waals surface area contributed by atoms with E-state index < -0.39 is 0 Å². The van der Waals surface area contributed by atoms with Gasteiger partial charge in [0.25, 0.3) is 0 Å². The first-order valence-corrected chi connectivity index (χ1v) is 31.4. The minimum Gasteiger partial charge on any atom is -0.455 e. The van der Waals surface area contributed by atoms with Gasteiger partial charge in [-0.1, -0.05) is 188 Å². The van der Waals surface area contributed by atoms with E-state index >= 15 is 0 Å². The van der Waals surface area contributed by atoms with Gasteiger partial charge in [0, 0.05) is 123 Å². The smallest absolute Gasteiger partial charge is 0.143 e. The maximum atomic E-state index is 6.34. The summed E-state index contributed by atoms with van der Waals surface area (Å²) in [4.78, 5) is 10.2. The van der Waals surface area contributed by atoms with E-state index in [0.29, 0.717) is 0 Å². The Morgan fingerprint density at radius 3 is 1.44 bits per heavy atom. The molecule has 20 rings (SSSR count). The molecule has 0 radical (unpaired) electrons. The number of furan rings is 1. The normalized spacial score (nSPS) is 12.2. The fraction of sp³-hybridized carbons (Fsp3) is 0. The van der Waals surface area contributed by atoms with Crippen molar-refractivity contribution in [2.75, 3.05) is 0 Å². The standard InChI is InChI=1S/C39H22N2OS.C39H22N2S2/c1-2-12-27-26(11-1)35-29-13-3-6-17-31(29)41(37(35)39-36(27)30-14-5-8-19-33(30)43-39)34-21-20-23(22-40-34)24-15-9-16-28-25-10-4-7-18-32(25)42-38(24)28;1-2-11-28-27(10-1)36-30-13-5-8-16-33(30)43-39(36)37-29-12-3-6-14-31(29)41(38(28)37)35-20-18-24(22-40-35)23-17-19-26-25-9-4-7-15-32(25)42-34(26)21-23/h2*1-22H. The lowest BCUT2D eigenvalue weighted by Crippen LogP contribution is -1.98. The van der Waals surface area contributed by atoms with Crippen LogP contribution in [-0.4, -0.2) is 19.1 Å². The second kappa shape index (κ2) is 18.5. The summed E-state index contributed by atoms with van der Waals surface area (Å²) in [6.07, 6.45) is 4.02. The molecule has 12 aromatic carbocycles. The van der Waals surface area contributed by atoms with Crippen LogP contribution in [0.25, 0.3) is 182 Å². The van der Waals surface area contributed by atoms with Gasteiger partial charge in [0.05, 0.1) is 26.8 Å². The van der Waals surface area contributed by atoms with Gasteiger partial charge in [0.1, 0.15) is 22.8 Å². The van der Waals surface area contributed by atoms with Crippen LogP contribution in [-0.2, 0) is 0 Å². The third kappa shape index (κ3) is 6.91. The summed E-state index contributed by atoms with van der Waals surface area (Å²) >= 11 is 5.63. The van der Waals surface area contributed by atoms with Gasteiger partial charge in [-0.15, -0.1) is 34.0 Å². The largest absolute Gasteiger partial charge is 0.455 e. The van der Waals surface area contributed by atoms with Crippen molar-refractivity contribution in [3.8, 4) is 33.9 Å². The highest BCUT2D eigenvalue weighted by Gasteiger charge is 2.25. The zero-order chi connectivity index (χ0) is 56.1. The number of hydrogen-bond acceptors (Lipinski definition) is 6. The van der Waals surface area contributed by atoms with Crippen LogP contribution >= 0.6 is 34.0 Å². The molecular formula is C78H44N4OS3. The molecule has 400 valence electrons. The maximum Gasteiger partial charge on any atom is 0.143 e. The van der Waals surface area contributed by atoms with Crippen molar-refractivity contribution in [3.63, 3.8) is 0 Å². The van der Waals surface area contributed by atoms with Crippen LogP contribution < -0.4 is 0 Å². The molecule has 0 aliphatic rings. The second-order valence-electron chi connectivity index (χ2n) is 22.2. The van der Waals surface area contributed by atoms with E-state index in [9.17, 15) is 0 Å². The number of fused-ring (bicyclic) bond motifs is 26. The van der Waals surface area contributed by atoms with Crippen molar-refractivity contribution in [1.82, 2.24) is 19.1 Å². The lowest BCUT2D eigenvalue weighted by molar-refractivity contribution is 0.670. The van der Waals surface area contributed by atoms with Crippen LogP contribution in [0.15, 0.2) is 272 Å². The highest BCUT2D eigenvalue weighted by Crippen LogP contribution is 2.50. The SMILES string of the molecule is c1ccc2c(c1)oc1c(-c3ccc(-n4c5ccccc5c5c6ccccc6c6c7ccccc7sc6c54)nc3)cccc12.c1ccc2c(c1)sc1cc(-c3ccc(-n4c5ccccc5c5c6sc7ccccc7c6c6ccccc6c54)nc3)ccc12. The van der Waals surface area contributed by atoms with Gasteiger partial charge in [-0.25, -0.2) is 9.97 Å². The first-order chi connectivity index (χ1) is 42.7. The molecule has 0 atom stereocenters. The summed E-state index contributed by atoms with van der Waals surface area (Å²) in [7, 11) is 0. The number of aromatic nitrogens is 4. The van der Waals surface area contributed by atoms with E-state index in [0.717, 1.165) is 55.8 Å². The van der Waals surface area contributed by atoms with Crippen molar-refractivity contribution < 1.29 is 4.42 Å². The van der Waals surface area contributed by atoms with E-state index in [1.54, 1.807) is 0 Å². The molecule has 0 saturated heterocycles. The lowest BCUT2D eigenvalue weighted by atomic mass is 9.99. The molecule has 8 heterocycles.